The van der Waals surface area contributed by atoms with Crippen LogP contribution in [0.5, 0.6) is 5.75 Å². The van der Waals surface area contributed by atoms with Crippen molar-refractivity contribution in [2.75, 3.05) is 0 Å². The second-order valence-corrected chi connectivity index (χ2v) is 23.0. The molecule has 354 valence electrons. The number of hydrogen-bond acceptors (Lipinski definition) is 3. The number of nitrogens with zero attached hydrogens (tertiary/aromatic N) is 3. The number of hydrogen-bond donors (Lipinski definition) is 1. The van der Waals surface area contributed by atoms with Gasteiger partial charge in [-0.3, -0.25) is 9.55 Å². The van der Waals surface area contributed by atoms with Crippen molar-refractivity contribution in [3.05, 3.63) is 167 Å². The van der Waals surface area contributed by atoms with E-state index in [1.807, 2.05) is 73.9 Å². The zero-order valence-corrected chi connectivity index (χ0v) is 44.5. The van der Waals surface area contributed by atoms with Gasteiger partial charge < -0.3 is 5.11 Å². The number of para-hydroxylation sites is 1. The van der Waals surface area contributed by atoms with E-state index in [4.69, 9.17) is 18.2 Å². The van der Waals surface area contributed by atoms with E-state index >= 15 is 0 Å². The molecule has 0 saturated carbocycles. The van der Waals surface area contributed by atoms with Gasteiger partial charge in [0, 0.05) is 46.8 Å². The molecule has 6 aromatic carbocycles. The maximum Gasteiger partial charge on any atom is 0.148 e. The number of aromatic nitrogens is 3. The monoisotopic (exact) mass is 1090 g/mol. The predicted molar refractivity (Wildman–Crippen MR) is 285 cm³/mol. The zero-order chi connectivity index (χ0) is 56.3. The van der Waals surface area contributed by atoms with Gasteiger partial charge in [-0.1, -0.05) is 200 Å². The van der Waals surface area contributed by atoms with Crippen molar-refractivity contribution in [2.24, 2.45) is 5.41 Å². The summed E-state index contributed by atoms with van der Waals surface area (Å²) in [5.74, 6) is 0.413. The molecule has 0 radical (unpaired) electrons. The molecule has 0 amide bonds. The van der Waals surface area contributed by atoms with Crippen molar-refractivity contribution in [1.82, 2.24) is 14.5 Å². The largest absolute Gasteiger partial charge is 0.507 e. The molecule has 8 aromatic rings. The normalized spacial score (nSPS) is 14.7. The van der Waals surface area contributed by atoms with Crippen LogP contribution in [0.1, 0.15) is 144 Å². The standard InChI is InChI=1S/C63H70N3O.Pt/c1-59(2,3)39-40-24-26-41(27-25-40)43-30-31-64-53(35-43)45-32-44(33-47(34-45)61(7,8)9)49-22-19-23-55-56(49)65-58(51-37-48(62(10,11)12)38-52(57(51)67)63(13,14)15)66(55)54-29-28-46(60(4,5)6)36-50(54)42-20-17-16-18-21-42;/h16-31,33-38,67H,39H2,1-15H3;/q-1;/i16D,17D,18D,20D,21D,30D,35D,39D2;. The SMILES string of the molecule is [2H]c1cnc(-c2[c-]c(-c3cccc4c3nc(-c3cc(C(C)(C)C)cc(C(C)(C)C)c3O)n4-c3ccc(C(C)(C)C)cc3-c3c([2H])c([2H])c([2H])c([2H])c3[2H])cc(C(C)(C)C)c2)c([2H])c1-c1ccc(C([2H])([2H])C(C)(C)C)cc1.[Pt]. The molecule has 0 spiro atoms. The number of phenolic OH excluding ortho intramolecular Hbond substituents is 1. The predicted octanol–water partition coefficient (Wildman–Crippen LogP) is 17.0. The Labute approximate surface area is 434 Å². The molecule has 0 saturated heterocycles. The van der Waals surface area contributed by atoms with Gasteiger partial charge in [-0.15, -0.1) is 29.3 Å². The quantitative estimate of drug-likeness (QED) is 0.162. The van der Waals surface area contributed by atoms with E-state index in [1.54, 1.807) is 24.3 Å². The van der Waals surface area contributed by atoms with Crippen molar-refractivity contribution in [3.8, 4) is 67.5 Å². The fourth-order valence-electron chi connectivity index (χ4n) is 8.40. The third-order valence-electron chi connectivity index (χ3n) is 12.2. The molecule has 8 rings (SSSR count). The van der Waals surface area contributed by atoms with E-state index in [9.17, 15) is 9.22 Å². The second kappa shape index (κ2) is 18.4. The Kier molecular flexibility index (Phi) is 10.6. The van der Waals surface area contributed by atoms with Crippen LogP contribution >= 0.6 is 0 Å². The van der Waals surface area contributed by atoms with Crippen LogP contribution in [0.25, 0.3) is 72.7 Å². The number of phenols is 1. The van der Waals surface area contributed by atoms with Crippen LogP contribution in [0.3, 0.4) is 0 Å². The molecule has 5 heteroatoms. The number of rotatable bonds is 7. The van der Waals surface area contributed by atoms with Gasteiger partial charge in [0.15, 0.2) is 0 Å². The molecule has 68 heavy (non-hydrogen) atoms. The fourth-order valence-corrected chi connectivity index (χ4v) is 8.40. The van der Waals surface area contributed by atoms with Crippen LogP contribution in [0.15, 0.2) is 133 Å². The maximum atomic E-state index is 12.7. The van der Waals surface area contributed by atoms with Crippen LogP contribution in [-0.4, -0.2) is 19.6 Å². The molecular weight excluding hydrogens is 1010 g/mol. The van der Waals surface area contributed by atoms with Gasteiger partial charge >= 0.3 is 0 Å². The third-order valence-corrected chi connectivity index (χ3v) is 12.2. The van der Waals surface area contributed by atoms with E-state index in [1.165, 1.54) is 6.20 Å². The van der Waals surface area contributed by atoms with E-state index in [0.29, 0.717) is 72.7 Å². The molecule has 1 N–H and O–H groups in total. The molecule has 4 nitrogen and oxygen atoms in total. The van der Waals surface area contributed by atoms with Gasteiger partial charge in [-0.25, -0.2) is 4.98 Å². The topological polar surface area (TPSA) is 50.9 Å². The van der Waals surface area contributed by atoms with Crippen molar-refractivity contribution >= 4 is 11.0 Å². The molecule has 0 aliphatic heterocycles. The Morgan fingerprint density at radius 3 is 1.84 bits per heavy atom. The minimum atomic E-state index is -1.63. The first-order valence-corrected chi connectivity index (χ1v) is 23.2. The minimum Gasteiger partial charge on any atom is -0.507 e. The van der Waals surface area contributed by atoms with E-state index in [2.05, 4.69) is 101 Å². The Balaban J connectivity index is 0.00000861. The van der Waals surface area contributed by atoms with Crippen LogP contribution < -0.4 is 0 Å². The van der Waals surface area contributed by atoms with Gasteiger partial charge in [0.1, 0.15) is 11.6 Å². The van der Waals surface area contributed by atoms with Crippen molar-refractivity contribution in [2.45, 2.75) is 132 Å². The average Bonchev–Trinajstić information content (AvgIpc) is 3.70. The van der Waals surface area contributed by atoms with E-state index in [-0.39, 0.29) is 62.0 Å². The van der Waals surface area contributed by atoms with Crippen LogP contribution in [0.2, 0.25) is 0 Å². The minimum absolute atomic E-state index is 0. The molecule has 2 aromatic heterocycles. The molecule has 0 unspecified atom stereocenters. The first-order valence-electron chi connectivity index (χ1n) is 27.7. The number of benzene rings is 6. The Morgan fingerprint density at radius 1 is 0.603 bits per heavy atom. The van der Waals surface area contributed by atoms with Gasteiger partial charge in [-0.2, -0.15) is 0 Å². The molecule has 0 aliphatic carbocycles. The van der Waals surface area contributed by atoms with Crippen molar-refractivity contribution in [1.29, 1.82) is 0 Å². The summed E-state index contributed by atoms with van der Waals surface area (Å²) in [5, 5.41) is 12.7. The first-order chi connectivity index (χ1) is 34.9. The Bertz CT molecular complexity index is 3590. The third kappa shape index (κ3) is 10.5. The summed E-state index contributed by atoms with van der Waals surface area (Å²) in [4.78, 5) is 10.3. The summed E-state index contributed by atoms with van der Waals surface area (Å²) in [6.45, 7) is 30.6. The van der Waals surface area contributed by atoms with Crippen LogP contribution in [-0.2, 0) is 49.1 Å². The summed E-state index contributed by atoms with van der Waals surface area (Å²) in [6, 6.07) is 28.3. The van der Waals surface area contributed by atoms with Crippen molar-refractivity contribution in [3.63, 3.8) is 0 Å². The summed E-state index contributed by atoms with van der Waals surface area (Å²) in [7, 11) is 0. The smallest absolute Gasteiger partial charge is 0.148 e. The Hall–Kier alpha value is -5.57. The molecule has 0 atom stereocenters. The van der Waals surface area contributed by atoms with E-state index in [0.717, 1.165) is 22.3 Å². The molecule has 0 bridgehead atoms. The zero-order valence-electron chi connectivity index (χ0n) is 51.3. The van der Waals surface area contributed by atoms with Gasteiger partial charge in [0.25, 0.3) is 0 Å². The first kappa shape index (κ1) is 39.3. The maximum absolute atomic E-state index is 12.7. The van der Waals surface area contributed by atoms with Crippen LogP contribution in [0.4, 0.5) is 0 Å². The fraction of sp³-hybridized carbons (Fsp3) is 0.333. The van der Waals surface area contributed by atoms with Crippen LogP contribution in [0, 0.1) is 11.5 Å². The van der Waals surface area contributed by atoms with E-state index < -0.39 is 46.2 Å². The molecule has 0 aliphatic rings. The number of aromatic hydroxyl groups is 1. The number of fused-ring (bicyclic) bond motifs is 1. The van der Waals surface area contributed by atoms with Gasteiger partial charge in [0.05, 0.1) is 31.9 Å². The molecular formula is C63H70N3OPt-. The second-order valence-electron chi connectivity index (χ2n) is 23.0. The summed E-state index contributed by atoms with van der Waals surface area (Å²) in [6.07, 6.45) is -0.185. The number of pyridine rings is 1. The molecule has 2 heterocycles. The molecule has 0 fully saturated rings. The van der Waals surface area contributed by atoms with Gasteiger partial charge in [0.2, 0.25) is 0 Å². The Morgan fingerprint density at radius 2 is 1.22 bits per heavy atom. The van der Waals surface area contributed by atoms with Crippen molar-refractivity contribution < 1.29 is 38.5 Å². The summed E-state index contributed by atoms with van der Waals surface area (Å²) >= 11 is 0. The van der Waals surface area contributed by atoms with Gasteiger partial charge in [-0.05, 0) is 97.1 Å². The average molecular weight is 1090 g/mol. The summed E-state index contributed by atoms with van der Waals surface area (Å²) < 4.78 is 83.0. The summed E-state index contributed by atoms with van der Waals surface area (Å²) in [5.41, 5.74) is 7.28. The number of imidazole rings is 1.